The van der Waals surface area contributed by atoms with Crippen LogP contribution in [0, 0.1) is 11.7 Å². The number of carbonyl (C=O) groups excluding carboxylic acids is 1. The molecule has 0 saturated heterocycles. The van der Waals surface area contributed by atoms with Crippen LogP contribution < -0.4 is 16.0 Å². The molecule has 3 N–H and O–H groups in total. The molecule has 0 aliphatic heterocycles. The summed E-state index contributed by atoms with van der Waals surface area (Å²) >= 11 is 0. The minimum atomic E-state index is -0.148. The van der Waals surface area contributed by atoms with Gasteiger partial charge in [0.2, 0.25) is 5.91 Å². The van der Waals surface area contributed by atoms with E-state index in [9.17, 15) is 9.18 Å². The Labute approximate surface area is 184 Å². The highest BCUT2D eigenvalue weighted by atomic mass is 127. The molecule has 0 unspecified atom stereocenters. The maximum absolute atomic E-state index is 14.1. The Kier molecular flexibility index (Phi) is 8.98. The third-order valence-corrected chi connectivity index (χ3v) is 5.60. The van der Waals surface area contributed by atoms with Crippen molar-refractivity contribution >= 4 is 35.8 Å². The molecule has 5 nitrogen and oxygen atoms in total. The van der Waals surface area contributed by atoms with Crippen LogP contribution in [0.25, 0.3) is 0 Å². The standard InChI is InChI=1S/C21H31FN4O.HI/c1-2-23-20(25-14-6-13-24-19(27)16-7-5-8-16)26-15-21(11-12-21)17-9-3-4-10-18(17)22;/h3-4,9-10,16H,2,5-8,11-15H2,1H3,(H,24,27)(H2,23,25,26);1H. The molecule has 2 fully saturated rings. The first-order valence-corrected chi connectivity index (χ1v) is 10.2. The Morgan fingerprint density at radius 1 is 1.18 bits per heavy atom. The van der Waals surface area contributed by atoms with E-state index in [-0.39, 0.29) is 47.0 Å². The maximum Gasteiger partial charge on any atom is 0.223 e. The number of carbonyl (C=O) groups is 1. The van der Waals surface area contributed by atoms with Gasteiger partial charge in [-0.2, -0.15) is 0 Å². The van der Waals surface area contributed by atoms with Crippen molar-refractivity contribution in [3.8, 4) is 0 Å². The fraction of sp³-hybridized carbons (Fsp3) is 0.619. The molecule has 0 spiro atoms. The van der Waals surface area contributed by atoms with E-state index >= 15 is 0 Å². The van der Waals surface area contributed by atoms with Crippen molar-refractivity contribution in [2.45, 2.75) is 50.9 Å². The van der Waals surface area contributed by atoms with Crippen LogP contribution in [0.5, 0.6) is 0 Å². The molecule has 3 rings (SSSR count). The monoisotopic (exact) mass is 502 g/mol. The molecular formula is C21H32FIN4O. The third kappa shape index (κ3) is 6.06. The molecule has 7 heteroatoms. The van der Waals surface area contributed by atoms with Gasteiger partial charge in [-0.05, 0) is 50.7 Å². The second-order valence-electron chi connectivity index (χ2n) is 7.65. The summed E-state index contributed by atoms with van der Waals surface area (Å²) in [6.07, 6.45) is 6.04. The zero-order chi connectivity index (χ0) is 19.1. The van der Waals surface area contributed by atoms with Crippen molar-refractivity contribution in [2.24, 2.45) is 10.9 Å². The van der Waals surface area contributed by atoms with Gasteiger partial charge in [0, 0.05) is 31.0 Å². The normalized spacial score (nSPS) is 17.9. The van der Waals surface area contributed by atoms with E-state index in [0.29, 0.717) is 13.1 Å². The lowest BCUT2D eigenvalue weighted by atomic mass is 9.85. The van der Waals surface area contributed by atoms with E-state index in [4.69, 9.17) is 0 Å². The highest BCUT2D eigenvalue weighted by molar-refractivity contribution is 14.0. The first kappa shape index (κ1) is 22.9. The summed E-state index contributed by atoms with van der Waals surface area (Å²) < 4.78 is 14.1. The molecule has 0 atom stereocenters. The van der Waals surface area contributed by atoms with Crippen LogP contribution in [-0.4, -0.2) is 38.0 Å². The molecule has 0 bridgehead atoms. The van der Waals surface area contributed by atoms with Crippen LogP contribution in [0.4, 0.5) is 4.39 Å². The number of nitrogens with one attached hydrogen (secondary N) is 3. The fourth-order valence-corrected chi connectivity index (χ4v) is 3.45. The van der Waals surface area contributed by atoms with Crippen LogP contribution in [0.2, 0.25) is 0 Å². The van der Waals surface area contributed by atoms with Crippen molar-refractivity contribution in [3.63, 3.8) is 0 Å². The number of hydrogen-bond acceptors (Lipinski definition) is 2. The van der Waals surface area contributed by atoms with Gasteiger partial charge in [0.25, 0.3) is 0 Å². The molecular weight excluding hydrogens is 470 g/mol. The Balaban J connectivity index is 0.00000280. The van der Waals surface area contributed by atoms with Gasteiger partial charge in [-0.1, -0.05) is 24.6 Å². The highest BCUT2D eigenvalue weighted by Gasteiger charge is 2.45. The lowest BCUT2D eigenvalue weighted by molar-refractivity contribution is -0.127. The quantitative estimate of drug-likeness (QED) is 0.210. The highest BCUT2D eigenvalue weighted by Crippen LogP contribution is 2.49. The van der Waals surface area contributed by atoms with E-state index in [2.05, 4.69) is 20.9 Å². The Morgan fingerprint density at radius 3 is 2.50 bits per heavy atom. The molecule has 2 saturated carbocycles. The predicted molar refractivity (Wildman–Crippen MR) is 122 cm³/mol. The van der Waals surface area contributed by atoms with Gasteiger partial charge in [0.05, 0.1) is 6.54 Å². The maximum atomic E-state index is 14.1. The number of rotatable bonds is 9. The molecule has 28 heavy (non-hydrogen) atoms. The van der Waals surface area contributed by atoms with Crippen molar-refractivity contribution in [1.29, 1.82) is 0 Å². The average Bonchev–Trinajstić information content (AvgIpc) is 3.39. The molecule has 156 valence electrons. The summed E-state index contributed by atoms with van der Waals surface area (Å²) in [6.45, 7) is 4.81. The van der Waals surface area contributed by atoms with Gasteiger partial charge in [0.15, 0.2) is 5.96 Å². The van der Waals surface area contributed by atoms with Gasteiger partial charge < -0.3 is 16.0 Å². The van der Waals surface area contributed by atoms with Crippen LogP contribution in [-0.2, 0) is 10.2 Å². The van der Waals surface area contributed by atoms with E-state index < -0.39 is 0 Å². The van der Waals surface area contributed by atoms with Crippen LogP contribution in [0.15, 0.2) is 29.3 Å². The molecule has 1 aromatic carbocycles. The molecule has 1 aromatic rings. The van der Waals surface area contributed by atoms with Gasteiger partial charge in [-0.15, -0.1) is 24.0 Å². The third-order valence-electron chi connectivity index (χ3n) is 5.60. The predicted octanol–water partition coefficient (Wildman–Crippen LogP) is 3.34. The molecule has 0 radical (unpaired) electrons. The van der Waals surface area contributed by atoms with Gasteiger partial charge in [-0.25, -0.2) is 4.39 Å². The first-order valence-electron chi connectivity index (χ1n) is 10.2. The number of guanidine groups is 1. The van der Waals surface area contributed by atoms with Gasteiger partial charge in [-0.3, -0.25) is 9.79 Å². The lowest BCUT2D eigenvalue weighted by Crippen LogP contribution is -2.40. The van der Waals surface area contributed by atoms with Crippen LogP contribution in [0.1, 0.15) is 51.0 Å². The first-order chi connectivity index (χ1) is 13.1. The number of aliphatic imine (C=N–C) groups is 1. The Bertz CT molecular complexity index is 674. The number of hydrogen-bond donors (Lipinski definition) is 3. The second kappa shape index (κ2) is 11.0. The summed E-state index contributed by atoms with van der Waals surface area (Å²) in [5.74, 6) is 1.06. The van der Waals surface area contributed by atoms with Crippen molar-refractivity contribution < 1.29 is 9.18 Å². The fourth-order valence-electron chi connectivity index (χ4n) is 3.45. The van der Waals surface area contributed by atoms with Crippen molar-refractivity contribution in [2.75, 3.05) is 26.2 Å². The van der Waals surface area contributed by atoms with Crippen molar-refractivity contribution in [3.05, 3.63) is 35.6 Å². The summed E-state index contributed by atoms with van der Waals surface area (Å²) in [5, 5.41) is 9.56. The zero-order valence-electron chi connectivity index (χ0n) is 16.6. The number of benzene rings is 1. The molecule has 1 amide bonds. The Morgan fingerprint density at radius 2 is 1.89 bits per heavy atom. The summed E-state index contributed by atoms with van der Waals surface area (Å²) in [6, 6.07) is 7.03. The Hall–Kier alpha value is -1.38. The van der Waals surface area contributed by atoms with E-state index in [1.165, 1.54) is 12.5 Å². The topological polar surface area (TPSA) is 65.5 Å². The number of amides is 1. The molecule has 0 heterocycles. The second-order valence-corrected chi connectivity index (χ2v) is 7.65. The SMILES string of the molecule is CCNC(=NCC1(c2ccccc2F)CC1)NCCCNC(=O)C1CCC1.I. The van der Waals surface area contributed by atoms with E-state index in [1.807, 2.05) is 19.1 Å². The summed E-state index contributed by atoms with van der Waals surface area (Å²) in [4.78, 5) is 16.5. The molecule has 0 aromatic heterocycles. The van der Waals surface area contributed by atoms with Crippen LogP contribution in [0.3, 0.4) is 0 Å². The largest absolute Gasteiger partial charge is 0.357 e. The number of nitrogens with zero attached hydrogens (tertiary/aromatic N) is 1. The average molecular weight is 502 g/mol. The molecule has 2 aliphatic carbocycles. The lowest BCUT2D eigenvalue weighted by Gasteiger charge is -2.24. The minimum absolute atomic E-state index is 0. The van der Waals surface area contributed by atoms with Gasteiger partial charge >= 0.3 is 0 Å². The van der Waals surface area contributed by atoms with Gasteiger partial charge in [0.1, 0.15) is 5.82 Å². The smallest absolute Gasteiger partial charge is 0.223 e. The zero-order valence-corrected chi connectivity index (χ0v) is 18.9. The van der Waals surface area contributed by atoms with Crippen molar-refractivity contribution in [1.82, 2.24) is 16.0 Å². The minimum Gasteiger partial charge on any atom is -0.357 e. The number of halogens is 2. The van der Waals surface area contributed by atoms with E-state index in [1.54, 1.807) is 6.07 Å². The van der Waals surface area contributed by atoms with Crippen LogP contribution >= 0.6 is 24.0 Å². The summed E-state index contributed by atoms with van der Waals surface area (Å²) in [5.41, 5.74) is 0.632. The summed E-state index contributed by atoms with van der Waals surface area (Å²) in [7, 11) is 0. The molecule has 2 aliphatic rings. The van der Waals surface area contributed by atoms with E-state index in [0.717, 1.165) is 56.7 Å².